The molecule has 3 aromatic rings. The zero-order valence-electron chi connectivity index (χ0n) is 17.4. The highest BCUT2D eigenvalue weighted by molar-refractivity contribution is 5.96. The third kappa shape index (κ3) is 5.03. The largest absolute Gasteiger partial charge is 0.360 e. The molecule has 0 spiro atoms. The smallest absolute Gasteiger partial charge is 0.245 e. The molecule has 0 saturated heterocycles. The molecule has 3 heterocycles. The van der Waals surface area contributed by atoms with Crippen LogP contribution in [-0.2, 0) is 9.59 Å². The molecule has 2 N–H and O–H groups in total. The van der Waals surface area contributed by atoms with Crippen LogP contribution in [-0.4, -0.2) is 48.3 Å². The van der Waals surface area contributed by atoms with Gasteiger partial charge in [0.2, 0.25) is 11.8 Å². The predicted octanol–water partition coefficient (Wildman–Crippen LogP) is 2.57. The van der Waals surface area contributed by atoms with Crippen molar-refractivity contribution in [3.63, 3.8) is 0 Å². The number of nitrogens with one attached hydrogen (secondary N) is 2. The van der Waals surface area contributed by atoms with Gasteiger partial charge in [-0.05, 0) is 32.4 Å². The van der Waals surface area contributed by atoms with Crippen LogP contribution in [0, 0.1) is 13.8 Å². The Morgan fingerprint density at radius 1 is 0.871 bits per heavy atom. The second kappa shape index (κ2) is 8.90. The van der Waals surface area contributed by atoms with Crippen LogP contribution in [0.5, 0.6) is 0 Å². The number of aryl methyl sites for hydroxylation is 2. The molecule has 0 unspecified atom stereocenters. The van der Waals surface area contributed by atoms with Crippen LogP contribution in [0.3, 0.4) is 0 Å². The standard InChI is InChI=1S/C21H24N6O4/c1-14-10-18(24-30-14)22-20(28)12-26-8-5-9-27(17-7-4-3-6-16(17)26)13-21(29)23-19-11-15(2)31-25-19/h3-4,6-7,10-11H,5,8-9,12-13H2,1-2H3,(H,22,24,28)(H,23,25,29). The van der Waals surface area contributed by atoms with Crippen LogP contribution in [0.25, 0.3) is 0 Å². The summed E-state index contributed by atoms with van der Waals surface area (Å²) in [5.74, 6) is 1.68. The summed E-state index contributed by atoms with van der Waals surface area (Å²) in [6.45, 7) is 5.23. The maximum Gasteiger partial charge on any atom is 0.245 e. The van der Waals surface area contributed by atoms with Crippen LogP contribution in [0.1, 0.15) is 17.9 Å². The highest BCUT2D eigenvalue weighted by Gasteiger charge is 2.24. The quantitative estimate of drug-likeness (QED) is 0.620. The van der Waals surface area contributed by atoms with Gasteiger partial charge >= 0.3 is 0 Å². The van der Waals surface area contributed by atoms with E-state index < -0.39 is 0 Å². The third-order valence-corrected chi connectivity index (χ3v) is 4.88. The van der Waals surface area contributed by atoms with Gasteiger partial charge in [-0.25, -0.2) is 0 Å². The number of aromatic nitrogens is 2. The Morgan fingerprint density at radius 2 is 1.32 bits per heavy atom. The molecule has 10 heteroatoms. The Morgan fingerprint density at radius 3 is 1.71 bits per heavy atom. The van der Waals surface area contributed by atoms with Crippen molar-refractivity contribution in [3.8, 4) is 0 Å². The zero-order valence-corrected chi connectivity index (χ0v) is 17.4. The minimum atomic E-state index is -0.185. The van der Waals surface area contributed by atoms with E-state index >= 15 is 0 Å². The Kier molecular flexibility index (Phi) is 5.87. The fourth-order valence-corrected chi connectivity index (χ4v) is 3.58. The summed E-state index contributed by atoms with van der Waals surface area (Å²) in [6.07, 6.45) is 0.793. The van der Waals surface area contributed by atoms with E-state index in [1.165, 1.54) is 0 Å². The number of hydrogen-bond acceptors (Lipinski definition) is 8. The van der Waals surface area contributed by atoms with E-state index in [1.807, 2.05) is 34.1 Å². The lowest BCUT2D eigenvalue weighted by molar-refractivity contribution is -0.115. The first kappa shape index (κ1) is 20.5. The summed E-state index contributed by atoms with van der Waals surface area (Å²) in [5, 5.41) is 13.1. The van der Waals surface area contributed by atoms with E-state index in [-0.39, 0.29) is 24.9 Å². The van der Waals surface area contributed by atoms with Crippen LogP contribution in [0.15, 0.2) is 45.4 Å². The van der Waals surface area contributed by atoms with Gasteiger partial charge in [0.05, 0.1) is 24.5 Å². The molecule has 0 radical (unpaired) electrons. The normalized spacial score (nSPS) is 13.5. The van der Waals surface area contributed by atoms with Gasteiger partial charge in [0.25, 0.3) is 0 Å². The second-order valence-corrected chi connectivity index (χ2v) is 7.43. The first-order valence-corrected chi connectivity index (χ1v) is 10.0. The van der Waals surface area contributed by atoms with Gasteiger partial charge in [0, 0.05) is 25.2 Å². The molecule has 2 aromatic heterocycles. The second-order valence-electron chi connectivity index (χ2n) is 7.43. The number of hydrogen-bond donors (Lipinski definition) is 2. The highest BCUT2D eigenvalue weighted by Crippen LogP contribution is 2.32. The molecule has 31 heavy (non-hydrogen) atoms. The topological polar surface area (TPSA) is 117 Å². The van der Waals surface area contributed by atoms with Crippen molar-refractivity contribution in [2.24, 2.45) is 0 Å². The molecule has 2 amide bonds. The van der Waals surface area contributed by atoms with Crippen molar-refractivity contribution in [2.75, 3.05) is 46.6 Å². The maximum atomic E-state index is 12.5. The molecular formula is C21H24N6O4. The molecule has 4 rings (SSSR count). The summed E-state index contributed by atoms with van der Waals surface area (Å²) < 4.78 is 9.99. The number of fused-ring (bicyclic) bond motifs is 1. The summed E-state index contributed by atoms with van der Waals surface area (Å²) in [4.78, 5) is 29.1. The van der Waals surface area contributed by atoms with E-state index in [4.69, 9.17) is 9.05 Å². The number of carbonyl (C=O) groups is 2. The van der Waals surface area contributed by atoms with Crippen LogP contribution in [0.4, 0.5) is 23.0 Å². The molecule has 0 aliphatic carbocycles. The van der Waals surface area contributed by atoms with E-state index in [9.17, 15) is 9.59 Å². The van der Waals surface area contributed by atoms with Crippen molar-refractivity contribution in [2.45, 2.75) is 20.3 Å². The number of benzene rings is 1. The molecule has 10 nitrogen and oxygen atoms in total. The summed E-state index contributed by atoms with van der Waals surface area (Å²) in [7, 11) is 0. The maximum absolute atomic E-state index is 12.5. The molecular weight excluding hydrogens is 400 g/mol. The number of para-hydroxylation sites is 2. The Bertz CT molecular complexity index is 992. The summed E-state index contributed by atoms with van der Waals surface area (Å²) in [6, 6.07) is 11.1. The van der Waals surface area contributed by atoms with E-state index in [0.717, 1.165) is 17.8 Å². The van der Waals surface area contributed by atoms with Crippen molar-refractivity contribution in [3.05, 3.63) is 47.9 Å². The third-order valence-electron chi connectivity index (χ3n) is 4.88. The lowest BCUT2D eigenvalue weighted by Gasteiger charge is -2.26. The Labute approximate surface area is 179 Å². The summed E-state index contributed by atoms with van der Waals surface area (Å²) in [5.41, 5.74) is 1.80. The number of rotatable bonds is 6. The summed E-state index contributed by atoms with van der Waals surface area (Å²) >= 11 is 0. The van der Waals surface area contributed by atoms with Crippen LogP contribution < -0.4 is 20.4 Å². The molecule has 1 aliphatic rings. The van der Waals surface area contributed by atoms with Crippen LogP contribution >= 0.6 is 0 Å². The van der Waals surface area contributed by atoms with E-state index in [0.29, 0.717) is 36.2 Å². The monoisotopic (exact) mass is 424 g/mol. The minimum absolute atomic E-state index is 0.168. The van der Waals surface area contributed by atoms with E-state index in [1.54, 1.807) is 26.0 Å². The average Bonchev–Trinajstić information content (AvgIpc) is 3.29. The van der Waals surface area contributed by atoms with Crippen molar-refractivity contribution >= 4 is 34.8 Å². The fourth-order valence-electron chi connectivity index (χ4n) is 3.58. The number of anilines is 4. The lowest BCUT2D eigenvalue weighted by atomic mass is 10.2. The highest BCUT2D eigenvalue weighted by atomic mass is 16.5. The molecule has 162 valence electrons. The molecule has 1 aromatic carbocycles. The molecule has 0 bridgehead atoms. The van der Waals surface area contributed by atoms with Crippen LogP contribution in [0.2, 0.25) is 0 Å². The first-order valence-electron chi connectivity index (χ1n) is 10.0. The number of carbonyl (C=O) groups excluding carboxylic acids is 2. The van der Waals surface area contributed by atoms with Gasteiger partial charge in [-0.2, -0.15) is 0 Å². The van der Waals surface area contributed by atoms with Crippen molar-refractivity contribution in [1.82, 2.24) is 10.3 Å². The van der Waals surface area contributed by atoms with Gasteiger partial charge in [-0.1, -0.05) is 22.4 Å². The SMILES string of the molecule is Cc1cc(NC(=O)CN2CCCN(CC(=O)Nc3cc(C)on3)c3ccccc32)no1. The number of nitrogens with zero attached hydrogens (tertiary/aromatic N) is 4. The molecule has 1 aliphatic heterocycles. The molecule has 0 saturated carbocycles. The average molecular weight is 424 g/mol. The lowest BCUT2D eigenvalue weighted by Crippen LogP contribution is -2.34. The number of amides is 2. The van der Waals surface area contributed by atoms with Gasteiger partial charge < -0.3 is 29.5 Å². The van der Waals surface area contributed by atoms with Gasteiger partial charge in [0.15, 0.2) is 11.6 Å². The Balaban J connectivity index is 1.45. The first-order chi connectivity index (χ1) is 15.0. The van der Waals surface area contributed by atoms with E-state index in [2.05, 4.69) is 20.9 Å². The Hall–Kier alpha value is -3.82. The fraction of sp³-hybridized carbons (Fsp3) is 0.333. The predicted molar refractivity (Wildman–Crippen MR) is 115 cm³/mol. The van der Waals surface area contributed by atoms with Gasteiger partial charge in [0.1, 0.15) is 11.5 Å². The zero-order chi connectivity index (χ0) is 21.8. The van der Waals surface area contributed by atoms with Crippen molar-refractivity contribution in [1.29, 1.82) is 0 Å². The molecule has 0 fully saturated rings. The van der Waals surface area contributed by atoms with Crippen molar-refractivity contribution < 1.29 is 18.6 Å². The van der Waals surface area contributed by atoms with Gasteiger partial charge in [-0.15, -0.1) is 0 Å². The minimum Gasteiger partial charge on any atom is -0.360 e. The van der Waals surface area contributed by atoms with Gasteiger partial charge in [-0.3, -0.25) is 9.59 Å². The molecule has 0 atom stereocenters.